The molecule has 2 aromatic carbocycles. The summed E-state index contributed by atoms with van der Waals surface area (Å²) >= 11 is 0. The fourth-order valence-electron chi connectivity index (χ4n) is 5.45. The number of carbonyl (C=O) groups is 2. The third-order valence-electron chi connectivity index (χ3n) is 7.44. The van der Waals surface area contributed by atoms with E-state index < -0.39 is 0 Å². The van der Waals surface area contributed by atoms with Crippen LogP contribution in [0.4, 0.5) is 22.7 Å². The van der Waals surface area contributed by atoms with Crippen LogP contribution in [0.5, 0.6) is 0 Å². The molecule has 0 radical (unpaired) electrons. The van der Waals surface area contributed by atoms with E-state index in [0.29, 0.717) is 32.8 Å². The van der Waals surface area contributed by atoms with E-state index in [1.807, 2.05) is 48.5 Å². The molecule has 2 aliphatic heterocycles. The average Bonchev–Trinajstić information content (AvgIpc) is 2.94. The van der Waals surface area contributed by atoms with Gasteiger partial charge in [-0.1, -0.05) is 30.7 Å². The van der Waals surface area contributed by atoms with Crippen LogP contribution in [-0.2, 0) is 19.1 Å². The molecule has 2 atom stereocenters. The molecule has 1 aliphatic carbocycles. The van der Waals surface area contributed by atoms with Gasteiger partial charge in [0.2, 0.25) is 11.8 Å². The first kappa shape index (κ1) is 24.6. The van der Waals surface area contributed by atoms with Crippen LogP contribution in [0, 0.1) is 11.8 Å². The number of benzene rings is 2. The number of hydrogen-bond donors (Lipinski definition) is 2. The molecule has 1 saturated carbocycles. The van der Waals surface area contributed by atoms with Crippen molar-refractivity contribution in [3.8, 4) is 0 Å². The lowest BCUT2D eigenvalue weighted by Gasteiger charge is -2.32. The van der Waals surface area contributed by atoms with Gasteiger partial charge in [0, 0.05) is 38.0 Å². The SMILES string of the molecule is O=C(Nc1ccccc1N1CCOCC1)C1CCCC(C(=O)Nc2ccccc2N2CCOCC2)C1. The summed E-state index contributed by atoms with van der Waals surface area (Å²) in [4.78, 5) is 31.1. The molecule has 2 saturated heterocycles. The van der Waals surface area contributed by atoms with Gasteiger partial charge in [0.25, 0.3) is 0 Å². The Kier molecular flexibility index (Phi) is 8.03. The summed E-state index contributed by atoms with van der Waals surface area (Å²) in [6, 6.07) is 15.9. The molecule has 2 unspecified atom stereocenters. The second kappa shape index (κ2) is 11.8. The fourth-order valence-corrected chi connectivity index (χ4v) is 5.45. The van der Waals surface area contributed by atoms with Gasteiger partial charge in [0.05, 0.1) is 49.2 Å². The van der Waals surface area contributed by atoms with E-state index in [0.717, 1.165) is 68.2 Å². The van der Waals surface area contributed by atoms with Crippen LogP contribution in [0.15, 0.2) is 48.5 Å². The van der Waals surface area contributed by atoms with Gasteiger partial charge >= 0.3 is 0 Å². The Balaban J connectivity index is 1.22. The molecule has 2 N–H and O–H groups in total. The Morgan fingerprint density at radius 2 is 1.08 bits per heavy atom. The van der Waals surface area contributed by atoms with Crippen molar-refractivity contribution in [1.82, 2.24) is 0 Å². The monoisotopic (exact) mass is 492 g/mol. The Hall–Kier alpha value is -3.10. The zero-order chi connectivity index (χ0) is 24.7. The standard InChI is InChI=1S/C28H36N4O4/c33-27(29-23-8-1-3-10-25(23)31-12-16-35-17-13-31)21-6-5-7-22(20-21)28(34)30-24-9-2-4-11-26(24)32-14-18-36-19-15-32/h1-4,8-11,21-22H,5-7,12-20H2,(H,29,33)(H,30,34). The number of ether oxygens (including phenoxy) is 2. The fraction of sp³-hybridized carbons (Fsp3) is 0.500. The molecule has 8 nitrogen and oxygen atoms in total. The van der Waals surface area contributed by atoms with E-state index in [-0.39, 0.29) is 23.7 Å². The number of anilines is 4. The first-order valence-electron chi connectivity index (χ1n) is 13.1. The van der Waals surface area contributed by atoms with Gasteiger partial charge in [-0.3, -0.25) is 9.59 Å². The van der Waals surface area contributed by atoms with Crippen molar-refractivity contribution >= 4 is 34.6 Å². The van der Waals surface area contributed by atoms with Crippen molar-refractivity contribution in [3.05, 3.63) is 48.5 Å². The largest absolute Gasteiger partial charge is 0.378 e. The topological polar surface area (TPSA) is 83.1 Å². The molecule has 2 aromatic rings. The van der Waals surface area contributed by atoms with Crippen molar-refractivity contribution in [3.63, 3.8) is 0 Å². The molecule has 2 amide bonds. The summed E-state index contributed by atoms with van der Waals surface area (Å²) < 4.78 is 11.0. The van der Waals surface area contributed by atoms with Gasteiger partial charge in [0.1, 0.15) is 0 Å². The maximum atomic E-state index is 13.3. The van der Waals surface area contributed by atoms with Crippen LogP contribution in [0.1, 0.15) is 25.7 Å². The quantitative estimate of drug-likeness (QED) is 0.639. The van der Waals surface area contributed by atoms with Gasteiger partial charge < -0.3 is 29.9 Å². The van der Waals surface area contributed by atoms with Gasteiger partial charge in [-0.05, 0) is 43.5 Å². The molecule has 0 bridgehead atoms. The maximum Gasteiger partial charge on any atom is 0.227 e. The third kappa shape index (κ3) is 5.82. The minimum absolute atomic E-state index is 0.00178. The molecular formula is C28H36N4O4. The molecule has 5 rings (SSSR count). The molecule has 3 aliphatic rings. The Morgan fingerprint density at radius 1 is 0.667 bits per heavy atom. The number of para-hydroxylation sites is 4. The number of amides is 2. The number of carbonyl (C=O) groups excluding carboxylic acids is 2. The zero-order valence-corrected chi connectivity index (χ0v) is 20.8. The summed E-state index contributed by atoms with van der Waals surface area (Å²) in [5.74, 6) is -0.354. The second-order valence-corrected chi connectivity index (χ2v) is 9.77. The molecule has 8 heteroatoms. The predicted octanol–water partition coefficient (Wildman–Crippen LogP) is 3.74. The highest BCUT2D eigenvalue weighted by molar-refractivity contribution is 5.98. The Morgan fingerprint density at radius 3 is 1.53 bits per heavy atom. The number of nitrogens with zero attached hydrogens (tertiary/aromatic N) is 2. The van der Waals surface area contributed by atoms with E-state index in [2.05, 4.69) is 20.4 Å². The third-order valence-corrected chi connectivity index (χ3v) is 7.44. The Labute approximate surface area is 212 Å². The Bertz CT molecular complexity index is 968. The van der Waals surface area contributed by atoms with Gasteiger partial charge in [0.15, 0.2) is 0 Å². The number of hydrogen-bond acceptors (Lipinski definition) is 6. The number of morpholine rings is 2. The molecule has 2 heterocycles. The highest BCUT2D eigenvalue weighted by atomic mass is 16.5. The highest BCUT2D eigenvalue weighted by Gasteiger charge is 2.32. The van der Waals surface area contributed by atoms with Crippen LogP contribution < -0.4 is 20.4 Å². The number of nitrogens with one attached hydrogen (secondary N) is 2. The summed E-state index contributed by atoms with van der Waals surface area (Å²) in [6.45, 7) is 6.00. The lowest BCUT2D eigenvalue weighted by Crippen LogP contribution is -2.38. The first-order valence-corrected chi connectivity index (χ1v) is 13.1. The molecule has 36 heavy (non-hydrogen) atoms. The van der Waals surface area contributed by atoms with E-state index in [4.69, 9.17) is 9.47 Å². The lowest BCUT2D eigenvalue weighted by atomic mass is 9.80. The van der Waals surface area contributed by atoms with Crippen molar-refractivity contribution < 1.29 is 19.1 Å². The van der Waals surface area contributed by atoms with Crippen molar-refractivity contribution in [2.45, 2.75) is 25.7 Å². The van der Waals surface area contributed by atoms with Gasteiger partial charge in [-0.25, -0.2) is 0 Å². The van der Waals surface area contributed by atoms with Crippen molar-refractivity contribution in [1.29, 1.82) is 0 Å². The minimum Gasteiger partial charge on any atom is -0.378 e. The maximum absolute atomic E-state index is 13.3. The van der Waals surface area contributed by atoms with Gasteiger partial charge in [-0.2, -0.15) is 0 Å². The molecule has 0 spiro atoms. The minimum atomic E-state index is -0.179. The van der Waals surface area contributed by atoms with Crippen molar-refractivity contribution in [2.24, 2.45) is 11.8 Å². The van der Waals surface area contributed by atoms with E-state index in [1.165, 1.54) is 0 Å². The van der Waals surface area contributed by atoms with Crippen LogP contribution in [0.25, 0.3) is 0 Å². The van der Waals surface area contributed by atoms with Crippen LogP contribution >= 0.6 is 0 Å². The van der Waals surface area contributed by atoms with E-state index in [1.54, 1.807) is 0 Å². The van der Waals surface area contributed by atoms with Gasteiger partial charge in [-0.15, -0.1) is 0 Å². The molecule has 192 valence electrons. The van der Waals surface area contributed by atoms with Crippen LogP contribution in [-0.4, -0.2) is 64.4 Å². The normalized spacial score (nSPS) is 22.7. The summed E-state index contributed by atoms with van der Waals surface area (Å²) in [7, 11) is 0. The molecular weight excluding hydrogens is 456 g/mol. The van der Waals surface area contributed by atoms with Crippen LogP contribution in [0.2, 0.25) is 0 Å². The van der Waals surface area contributed by atoms with E-state index in [9.17, 15) is 9.59 Å². The zero-order valence-electron chi connectivity index (χ0n) is 20.8. The summed E-state index contributed by atoms with van der Waals surface area (Å²) in [5, 5.41) is 6.33. The smallest absolute Gasteiger partial charge is 0.227 e. The van der Waals surface area contributed by atoms with Crippen LogP contribution in [0.3, 0.4) is 0 Å². The number of rotatable bonds is 6. The summed E-state index contributed by atoms with van der Waals surface area (Å²) in [6.07, 6.45) is 3.04. The molecule has 3 fully saturated rings. The van der Waals surface area contributed by atoms with Crippen molar-refractivity contribution in [2.75, 3.05) is 73.0 Å². The average molecular weight is 493 g/mol. The first-order chi connectivity index (χ1) is 17.7. The van der Waals surface area contributed by atoms with E-state index >= 15 is 0 Å². The summed E-state index contributed by atoms with van der Waals surface area (Å²) in [5.41, 5.74) is 3.71. The molecule has 0 aromatic heterocycles. The second-order valence-electron chi connectivity index (χ2n) is 9.77. The predicted molar refractivity (Wildman–Crippen MR) is 142 cm³/mol. The lowest BCUT2D eigenvalue weighted by molar-refractivity contribution is -0.124. The highest BCUT2D eigenvalue weighted by Crippen LogP contribution is 2.34.